The van der Waals surface area contributed by atoms with Crippen LogP contribution in [0.15, 0.2) is 42.6 Å². The van der Waals surface area contributed by atoms with E-state index < -0.39 is 47.7 Å². The summed E-state index contributed by atoms with van der Waals surface area (Å²) in [7, 11) is 0. The van der Waals surface area contributed by atoms with Gasteiger partial charge in [0.1, 0.15) is 28.6 Å². The van der Waals surface area contributed by atoms with Gasteiger partial charge >= 0.3 is 6.18 Å². The number of hydrogen-bond acceptors (Lipinski definition) is 5. The molecule has 1 aromatic heterocycles. The second-order valence-corrected chi connectivity index (χ2v) is 9.62. The number of aliphatic hydroxyl groups is 1. The van der Waals surface area contributed by atoms with Gasteiger partial charge in [-0.3, -0.25) is 4.79 Å². The monoisotopic (exact) mass is 524 g/mol. The van der Waals surface area contributed by atoms with Crippen molar-refractivity contribution < 1.29 is 36.6 Å². The Morgan fingerprint density at radius 2 is 1.95 bits per heavy atom. The number of alkyl halides is 3. The van der Waals surface area contributed by atoms with E-state index in [0.717, 1.165) is 28.6 Å². The molecule has 7 nitrogen and oxygen atoms in total. The smallest absolute Gasteiger partial charge is 0.418 e. The van der Waals surface area contributed by atoms with Gasteiger partial charge in [-0.05, 0) is 29.5 Å². The maximum atomic E-state index is 14.1. The number of benzene rings is 2. The molecular formula is C25H25F5N4O3. The van der Waals surface area contributed by atoms with Crippen LogP contribution in [0.2, 0.25) is 0 Å². The maximum absolute atomic E-state index is 14.1. The van der Waals surface area contributed by atoms with Gasteiger partial charge in [0.25, 0.3) is 5.91 Å². The highest BCUT2D eigenvalue weighted by molar-refractivity contribution is 5.98. The molecule has 37 heavy (non-hydrogen) atoms. The highest BCUT2D eigenvalue weighted by Crippen LogP contribution is 2.45. The third kappa shape index (κ3) is 4.97. The zero-order valence-corrected chi connectivity index (χ0v) is 20.0. The Hall–Kier alpha value is -3.67. The number of carbonyl (C=O) groups is 1. The summed E-state index contributed by atoms with van der Waals surface area (Å²) in [5.41, 5.74) is 2.17. The van der Waals surface area contributed by atoms with Crippen LogP contribution in [-0.4, -0.2) is 45.7 Å². The minimum atomic E-state index is -5.09. The van der Waals surface area contributed by atoms with Gasteiger partial charge in [-0.1, -0.05) is 32.0 Å². The van der Waals surface area contributed by atoms with Crippen molar-refractivity contribution in [3.05, 3.63) is 70.9 Å². The van der Waals surface area contributed by atoms with Crippen molar-refractivity contribution in [2.45, 2.75) is 43.9 Å². The van der Waals surface area contributed by atoms with Crippen LogP contribution in [0.5, 0.6) is 5.75 Å². The molecule has 12 heteroatoms. The number of hydrogen-bond donors (Lipinski definition) is 3. The van der Waals surface area contributed by atoms with Crippen LogP contribution in [0.4, 0.5) is 27.8 Å². The molecule has 0 bridgehead atoms. The molecule has 1 aliphatic heterocycles. The first-order valence-electron chi connectivity index (χ1n) is 11.3. The second kappa shape index (κ2) is 9.33. The van der Waals surface area contributed by atoms with Gasteiger partial charge in [0.05, 0.1) is 19.3 Å². The highest BCUT2D eigenvalue weighted by Gasteiger charge is 2.56. The largest absolute Gasteiger partial charge is 0.493 e. The molecule has 1 unspecified atom stereocenters. The van der Waals surface area contributed by atoms with Crippen molar-refractivity contribution in [3.63, 3.8) is 0 Å². The number of carbonyl (C=O) groups excluding carboxylic acids is 1. The van der Waals surface area contributed by atoms with Crippen LogP contribution in [0.25, 0.3) is 5.69 Å². The van der Waals surface area contributed by atoms with E-state index in [0.29, 0.717) is 30.4 Å². The second-order valence-electron chi connectivity index (χ2n) is 9.62. The van der Waals surface area contributed by atoms with E-state index >= 15 is 0 Å². The summed E-state index contributed by atoms with van der Waals surface area (Å²) in [5.74, 6) is -2.78. The third-order valence-corrected chi connectivity index (χ3v) is 6.44. The van der Waals surface area contributed by atoms with Gasteiger partial charge in [0, 0.05) is 18.1 Å². The van der Waals surface area contributed by atoms with Gasteiger partial charge in [-0.25, -0.2) is 13.5 Å². The predicted octanol–water partition coefficient (Wildman–Crippen LogP) is 4.06. The number of nitrogens with two attached hydrogens (primary N) is 1. The Morgan fingerprint density at radius 3 is 2.62 bits per heavy atom. The molecule has 2 aromatic carbocycles. The summed E-state index contributed by atoms with van der Waals surface area (Å²) < 4.78 is 76.1. The SMILES string of the molecule is CC(C)(CC(O)(CNC(=O)c1cnn(-c2ccc(F)cc2F)c1N)C(F)(F)F)c1cccc2c1OCC2. The molecule has 0 saturated heterocycles. The number of fused-ring (bicyclic) bond motifs is 1. The normalized spacial score (nSPS) is 15.1. The van der Waals surface area contributed by atoms with Crippen molar-refractivity contribution in [3.8, 4) is 11.4 Å². The summed E-state index contributed by atoms with van der Waals surface area (Å²) >= 11 is 0. The molecule has 3 aromatic rings. The average molecular weight is 524 g/mol. The van der Waals surface area contributed by atoms with E-state index in [1.165, 1.54) is 0 Å². The molecule has 0 aliphatic carbocycles. The zero-order chi connectivity index (χ0) is 27.2. The Bertz CT molecular complexity index is 1340. The maximum Gasteiger partial charge on any atom is 0.418 e. The van der Waals surface area contributed by atoms with Crippen molar-refractivity contribution >= 4 is 11.7 Å². The molecule has 1 aliphatic rings. The molecule has 0 radical (unpaired) electrons. The van der Waals surface area contributed by atoms with Crippen LogP contribution in [0.1, 0.15) is 41.8 Å². The lowest BCUT2D eigenvalue weighted by Gasteiger charge is -2.38. The van der Waals surface area contributed by atoms with Crippen LogP contribution in [0, 0.1) is 11.6 Å². The fraction of sp³-hybridized carbons (Fsp3) is 0.360. The lowest BCUT2D eigenvalue weighted by Crippen LogP contribution is -2.56. The van der Waals surface area contributed by atoms with E-state index in [-0.39, 0.29) is 17.1 Å². The molecule has 0 saturated carbocycles. The number of aromatic nitrogens is 2. The topological polar surface area (TPSA) is 102 Å². The molecule has 4 N–H and O–H groups in total. The number of nitrogens with zero attached hydrogens (tertiary/aromatic N) is 2. The minimum Gasteiger partial charge on any atom is -0.493 e. The van der Waals surface area contributed by atoms with Gasteiger partial charge in [0.2, 0.25) is 0 Å². The van der Waals surface area contributed by atoms with Crippen molar-refractivity contribution in [2.24, 2.45) is 0 Å². The van der Waals surface area contributed by atoms with E-state index in [1.54, 1.807) is 26.0 Å². The highest BCUT2D eigenvalue weighted by atomic mass is 19.4. The molecule has 1 atom stereocenters. The van der Waals surface area contributed by atoms with Crippen molar-refractivity contribution in [1.29, 1.82) is 0 Å². The van der Waals surface area contributed by atoms with E-state index in [9.17, 15) is 31.9 Å². The number of nitrogens with one attached hydrogen (secondary N) is 1. The molecule has 1 amide bonds. The van der Waals surface area contributed by atoms with Crippen LogP contribution in [-0.2, 0) is 11.8 Å². The lowest BCUT2D eigenvalue weighted by molar-refractivity contribution is -0.263. The Kier molecular flexibility index (Phi) is 6.65. The van der Waals surface area contributed by atoms with Crippen LogP contribution < -0.4 is 15.8 Å². The number of nitrogen functional groups attached to an aromatic ring is 1. The standard InChI is InChI=1S/C25H25F5N4O3/c1-23(2,17-5-3-4-14-8-9-37-20(14)17)12-24(36,25(28,29)30)13-32-22(35)16-11-33-34(21(16)31)19-7-6-15(26)10-18(19)27/h3-7,10-11,36H,8-9,12-13,31H2,1-2H3,(H,32,35). The summed E-state index contributed by atoms with van der Waals surface area (Å²) in [5, 5.41) is 16.7. The number of amides is 1. The number of anilines is 1. The van der Waals surface area contributed by atoms with E-state index in [2.05, 4.69) is 10.4 Å². The number of ether oxygens (including phenoxy) is 1. The van der Waals surface area contributed by atoms with Gasteiger partial charge in [-0.15, -0.1) is 0 Å². The van der Waals surface area contributed by atoms with Crippen LogP contribution >= 0.6 is 0 Å². The molecule has 198 valence electrons. The fourth-order valence-corrected chi connectivity index (χ4v) is 4.54. The first kappa shape index (κ1) is 26.4. The lowest BCUT2D eigenvalue weighted by atomic mass is 9.74. The fourth-order valence-electron chi connectivity index (χ4n) is 4.54. The molecule has 0 spiro atoms. The van der Waals surface area contributed by atoms with Crippen molar-refractivity contribution in [2.75, 3.05) is 18.9 Å². The number of rotatable bonds is 7. The Balaban J connectivity index is 1.56. The van der Waals surface area contributed by atoms with E-state index in [1.807, 2.05) is 6.07 Å². The molecule has 4 rings (SSSR count). The zero-order valence-electron chi connectivity index (χ0n) is 20.0. The summed E-state index contributed by atoms with van der Waals surface area (Å²) in [6.45, 7) is 2.35. The first-order valence-corrected chi connectivity index (χ1v) is 11.3. The average Bonchev–Trinajstić information content (AvgIpc) is 3.43. The summed E-state index contributed by atoms with van der Waals surface area (Å²) in [6.07, 6.45) is -4.30. The molecular weight excluding hydrogens is 499 g/mol. The molecule has 2 heterocycles. The van der Waals surface area contributed by atoms with Gasteiger partial charge in [-0.2, -0.15) is 18.3 Å². The predicted molar refractivity (Wildman–Crippen MR) is 125 cm³/mol. The van der Waals surface area contributed by atoms with Crippen LogP contribution in [0.3, 0.4) is 0 Å². The Labute approximate surface area is 209 Å². The minimum absolute atomic E-state index is 0.260. The summed E-state index contributed by atoms with van der Waals surface area (Å²) in [6, 6.07) is 7.81. The van der Waals surface area contributed by atoms with E-state index in [4.69, 9.17) is 10.5 Å². The third-order valence-electron chi connectivity index (χ3n) is 6.44. The molecule has 0 fully saturated rings. The first-order chi connectivity index (χ1) is 17.2. The quantitative estimate of drug-likeness (QED) is 0.405. The van der Waals surface area contributed by atoms with Gasteiger partial charge in [0.15, 0.2) is 11.4 Å². The number of para-hydroxylation sites is 1. The summed E-state index contributed by atoms with van der Waals surface area (Å²) in [4.78, 5) is 12.7. The van der Waals surface area contributed by atoms with Gasteiger partial charge < -0.3 is 20.9 Å². The number of halogens is 5. The van der Waals surface area contributed by atoms with Crippen molar-refractivity contribution in [1.82, 2.24) is 15.1 Å². The Morgan fingerprint density at radius 1 is 1.22 bits per heavy atom.